The highest BCUT2D eigenvalue weighted by Crippen LogP contribution is 2.31. The fourth-order valence-corrected chi connectivity index (χ4v) is 6.46. The van der Waals surface area contributed by atoms with Crippen LogP contribution in [0.15, 0.2) is 54.6 Å². The van der Waals surface area contributed by atoms with E-state index in [1.54, 1.807) is 12.1 Å². The molecule has 1 saturated heterocycles. The van der Waals surface area contributed by atoms with Crippen LogP contribution in [-0.2, 0) is 46.3 Å². The van der Waals surface area contributed by atoms with Gasteiger partial charge in [0.1, 0.15) is 23.7 Å². The van der Waals surface area contributed by atoms with E-state index in [0.29, 0.717) is 31.2 Å². The topological polar surface area (TPSA) is 185 Å². The van der Waals surface area contributed by atoms with Gasteiger partial charge in [-0.05, 0) is 72.9 Å². The summed E-state index contributed by atoms with van der Waals surface area (Å²) in [5, 5.41) is 15.1. The number of phenols is 1. The van der Waals surface area contributed by atoms with Crippen LogP contribution in [0.5, 0.6) is 5.75 Å². The molecular weight excluding hydrogens is 652 g/mol. The van der Waals surface area contributed by atoms with Crippen molar-refractivity contribution in [1.82, 2.24) is 15.5 Å². The smallest absolute Gasteiger partial charge is 0.305 e. The van der Waals surface area contributed by atoms with Crippen LogP contribution in [0.1, 0.15) is 61.6 Å². The van der Waals surface area contributed by atoms with Gasteiger partial charge >= 0.3 is 5.97 Å². The monoisotopic (exact) mass is 694 g/mol. The fourth-order valence-electron chi connectivity index (χ4n) is 6.38. The maximum atomic E-state index is 14.0. The number of methoxy groups -OCH3 is 1. The highest BCUT2D eigenvalue weighted by molar-refractivity contribution is 6.27. The number of nitrogens with one attached hydrogen (secondary N) is 2. The summed E-state index contributed by atoms with van der Waals surface area (Å²) in [6, 6.07) is 11.0. The molecule has 4 rings (SSSR count). The van der Waals surface area contributed by atoms with Crippen LogP contribution in [0, 0.1) is 5.92 Å². The number of carbonyl (C=O) groups is 6. The molecule has 0 saturated carbocycles. The van der Waals surface area contributed by atoms with Crippen LogP contribution in [0.2, 0.25) is 0 Å². The van der Waals surface area contributed by atoms with Crippen molar-refractivity contribution in [2.75, 3.05) is 19.5 Å². The van der Waals surface area contributed by atoms with Gasteiger partial charge in [0, 0.05) is 31.7 Å². The summed E-state index contributed by atoms with van der Waals surface area (Å²) in [5.74, 6) is -4.50. The number of esters is 1. The van der Waals surface area contributed by atoms with Gasteiger partial charge in [0.15, 0.2) is 5.78 Å². The van der Waals surface area contributed by atoms with Crippen molar-refractivity contribution in [2.24, 2.45) is 11.7 Å². The number of benzene rings is 2. The lowest BCUT2D eigenvalue weighted by atomic mass is 9.88. The number of fused-ring (bicyclic) bond motifs is 1. The number of ether oxygens (including phenoxy) is 1. The van der Waals surface area contributed by atoms with Crippen LogP contribution >= 0.6 is 11.6 Å². The Hall–Kier alpha value is -4.71. The van der Waals surface area contributed by atoms with Crippen LogP contribution in [0.4, 0.5) is 0 Å². The van der Waals surface area contributed by atoms with Crippen molar-refractivity contribution in [3.63, 3.8) is 0 Å². The van der Waals surface area contributed by atoms with Gasteiger partial charge in [-0.2, -0.15) is 0 Å². The summed E-state index contributed by atoms with van der Waals surface area (Å²) in [4.78, 5) is 79.8. The molecule has 1 fully saturated rings. The molecule has 5 N–H and O–H groups in total. The number of Topliss-reactive ketones (excluding diaryl/α,β-unsaturated/α-hetero) is 1. The molecule has 49 heavy (non-hydrogen) atoms. The standard InChI is InChI=1S/C36H43ClN4O8/c1-49-33(45)16-15-28(39-32(44)21-37)36(48)41-17-5-4-8-30(41)35(47)40-29(19-24-12-11-23-6-2-3-7-27(23)24)31(43)20-25(34(38)46)18-22-9-13-26(42)14-10-22/h2-3,6-7,9-10,12-14,25,28-30,42H,4-5,8,11,15-21H2,1H3,(H2,38,46)(H,39,44)(H,40,47)/t25-,28+,29+,30+/m1/s1. The SMILES string of the molecule is COC(=O)CC[C@H](NC(=O)CCl)C(=O)N1CCCC[C@H]1C(=O)N[C@@H](CC1=CCc2ccccc21)C(=O)C[C@@H](Cc1ccc(O)cc1)C(N)=O. The number of rotatable bonds is 16. The Bertz CT molecular complexity index is 1580. The number of amides is 4. The number of halogens is 1. The number of nitrogens with two attached hydrogens (primary N) is 1. The number of likely N-dealkylation sites (tertiary alicyclic amines) is 1. The minimum Gasteiger partial charge on any atom is -0.508 e. The molecule has 13 heteroatoms. The van der Waals surface area contributed by atoms with E-state index in [1.807, 2.05) is 30.3 Å². The number of hydrogen-bond acceptors (Lipinski definition) is 8. The summed E-state index contributed by atoms with van der Waals surface area (Å²) < 4.78 is 4.70. The third kappa shape index (κ3) is 10.1. The van der Waals surface area contributed by atoms with Gasteiger partial charge in [-0.25, -0.2) is 0 Å². The molecule has 0 spiro atoms. The summed E-state index contributed by atoms with van der Waals surface area (Å²) in [7, 11) is 1.22. The number of primary amides is 1. The maximum absolute atomic E-state index is 14.0. The second-order valence-corrected chi connectivity index (χ2v) is 12.7. The molecule has 0 unspecified atom stereocenters. The van der Waals surface area contributed by atoms with E-state index in [0.717, 1.165) is 16.7 Å². The highest BCUT2D eigenvalue weighted by Gasteiger charge is 2.38. The number of alkyl halides is 1. The highest BCUT2D eigenvalue weighted by atomic mass is 35.5. The van der Waals surface area contributed by atoms with E-state index in [-0.39, 0.29) is 50.2 Å². The second-order valence-electron chi connectivity index (χ2n) is 12.4. The molecule has 2 aromatic carbocycles. The predicted molar refractivity (Wildman–Crippen MR) is 182 cm³/mol. The molecule has 2 aromatic rings. The molecule has 4 amide bonds. The lowest BCUT2D eigenvalue weighted by Gasteiger charge is -2.37. The molecule has 262 valence electrons. The van der Waals surface area contributed by atoms with Crippen molar-refractivity contribution in [3.8, 4) is 5.75 Å². The molecule has 0 aromatic heterocycles. The van der Waals surface area contributed by atoms with Crippen LogP contribution in [0.25, 0.3) is 5.57 Å². The zero-order chi connectivity index (χ0) is 35.5. The first-order chi connectivity index (χ1) is 23.5. The van der Waals surface area contributed by atoms with Crippen LogP contribution in [-0.4, -0.2) is 83.0 Å². The first kappa shape index (κ1) is 37.1. The Morgan fingerprint density at radius 3 is 2.43 bits per heavy atom. The van der Waals surface area contributed by atoms with E-state index in [1.165, 1.54) is 24.1 Å². The Labute approximate surface area is 290 Å². The lowest BCUT2D eigenvalue weighted by Crippen LogP contribution is -2.59. The lowest BCUT2D eigenvalue weighted by molar-refractivity contribution is -0.146. The first-order valence-electron chi connectivity index (χ1n) is 16.4. The number of hydrogen-bond donors (Lipinski definition) is 4. The molecule has 0 radical (unpaired) electrons. The number of nitrogens with zero attached hydrogens (tertiary/aromatic N) is 1. The summed E-state index contributed by atoms with van der Waals surface area (Å²) in [6.45, 7) is 0.232. The van der Waals surface area contributed by atoms with E-state index in [4.69, 9.17) is 22.1 Å². The van der Waals surface area contributed by atoms with Gasteiger partial charge in [0.05, 0.1) is 13.2 Å². The second kappa shape index (κ2) is 17.6. The predicted octanol–water partition coefficient (Wildman–Crippen LogP) is 2.57. The Morgan fingerprint density at radius 2 is 1.73 bits per heavy atom. The van der Waals surface area contributed by atoms with E-state index < -0.39 is 59.5 Å². The van der Waals surface area contributed by atoms with Gasteiger partial charge < -0.3 is 31.1 Å². The number of aromatic hydroxyl groups is 1. The quantitative estimate of drug-likeness (QED) is 0.153. The molecule has 1 aliphatic heterocycles. The Balaban J connectivity index is 1.56. The number of allylic oxidation sites excluding steroid dienone is 1. The van der Waals surface area contributed by atoms with Gasteiger partial charge in [0.25, 0.3) is 0 Å². The minimum absolute atomic E-state index is 0.0524. The summed E-state index contributed by atoms with van der Waals surface area (Å²) >= 11 is 5.68. The van der Waals surface area contributed by atoms with E-state index in [2.05, 4.69) is 10.6 Å². The summed E-state index contributed by atoms with van der Waals surface area (Å²) in [5.41, 5.74) is 9.40. The molecule has 1 heterocycles. The normalized spacial score (nSPS) is 17.1. The average Bonchev–Trinajstić information content (AvgIpc) is 3.52. The van der Waals surface area contributed by atoms with Gasteiger partial charge in [0.2, 0.25) is 23.6 Å². The zero-order valence-electron chi connectivity index (χ0n) is 27.5. The number of piperidine rings is 1. The molecule has 12 nitrogen and oxygen atoms in total. The van der Waals surface area contributed by atoms with Crippen LogP contribution < -0.4 is 16.4 Å². The van der Waals surface area contributed by atoms with E-state index >= 15 is 0 Å². The molecule has 4 atom stereocenters. The van der Waals surface area contributed by atoms with Crippen molar-refractivity contribution < 1.29 is 38.6 Å². The molecule has 2 aliphatic rings. The van der Waals surface area contributed by atoms with Gasteiger partial charge in [-0.15, -0.1) is 11.6 Å². The van der Waals surface area contributed by atoms with Crippen molar-refractivity contribution in [1.29, 1.82) is 0 Å². The maximum Gasteiger partial charge on any atom is 0.305 e. The Morgan fingerprint density at radius 1 is 1.00 bits per heavy atom. The molecule has 1 aliphatic carbocycles. The molecular formula is C36H43ClN4O8. The van der Waals surface area contributed by atoms with Gasteiger partial charge in [-0.1, -0.05) is 42.5 Å². The minimum atomic E-state index is -1.12. The van der Waals surface area contributed by atoms with Crippen molar-refractivity contribution >= 4 is 52.6 Å². The van der Waals surface area contributed by atoms with E-state index in [9.17, 15) is 33.9 Å². The van der Waals surface area contributed by atoms with Crippen molar-refractivity contribution in [3.05, 3.63) is 71.3 Å². The zero-order valence-corrected chi connectivity index (χ0v) is 28.2. The number of ketones is 1. The van der Waals surface area contributed by atoms with Crippen molar-refractivity contribution in [2.45, 2.75) is 75.9 Å². The van der Waals surface area contributed by atoms with Gasteiger partial charge in [-0.3, -0.25) is 28.8 Å². The number of phenolic OH excluding ortho intramolecular Hbond substituents is 1. The average molecular weight is 695 g/mol. The number of carbonyl (C=O) groups excluding carboxylic acids is 6. The largest absolute Gasteiger partial charge is 0.508 e. The summed E-state index contributed by atoms with van der Waals surface area (Å²) in [6.07, 6.45) is 4.19. The third-order valence-corrected chi connectivity index (χ3v) is 9.28. The first-order valence-corrected chi connectivity index (χ1v) is 16.9. The van der Waals surface area contributed by atoms with Crippen LogP contribution in [0.3, 0.4) is 0 Å². The Kier molecular flexibility index (Phi) is 13.3. The molecule has 0 bridgehead atoms. The third-order valence-electron chi connectivity index (χ3n) is 9.04. The fraction of sp³-hybridized carbons (Fsp3) is 0.444.